The number of carboxylic acids is 1. The zero-order valence-corrected chi connectivity index (χ0v) is 9.75. The molecule has 4 heteroatoms. The Kier molecular flexibility index (Phi) is 4.62. The molecule has 1 heterocycles. The summed E-state index contributed by atoms with van der Waals surface area (Å²) in [6.07, 6.45) is 2.40. The summed E-state index contributed by atoms with van der Waals surface area (Å²) in [7, 11) is 0. The lowest BCUT2D eigenvalue weighted by molar-refractivity contribution is -0.136. The van der Waals surface area contributed by atoms with Crippen LogP contribution in [0.5, 0.6) is 0 Å². The van der Waals surface area contributed by atoms with E-state index in [1.807, 2.05) is 26.0 Å². The Hall–Kier alpha value is -1.03. The van der Waals surface area contributed by atoms with Crippen molar-refractivity contribution < 1.29 is 9.90 Å². The summed E-state index contributed by atoms with van der Waals surface area (Å²) in [5, 5.41) is 8.54. The number of carboxylic acid groups (broad SMARTS) is 1. The Morgan fingerprint density at radius 3 is 2.93 bits per heavy atom. The number of hydrogen-bond donors (Lipinski definition) is 1. The first-order chi connectivity index (χ1) is 7.13. The number of nitrogens with zero attached hydrogens (tertiary/aromatic N) is 1. The van der Waals surface area contributed by atoms with Gasteiger partial charge in [-0.1, -0.05) is 6.92 Å². The van der Waals surface area contributed by atoms with Gasteiger partial charge in [0.05, 0.1) is 5.69 Å². The van der Waals surface area contributed by atoms with Crippen LogP contribution in [0.3, 0.4) is 0 Å². The maximum absolute atomic E-state index is 10.8. The number of hydrogen-bond acceptors (Lipinski definition) is 3. The Morgan fingerprint density at radius 1 is 1.67 bits per heavy atom. The van der Waals surface area contributed by atoms with Gasteiger partial charge in [-0.2, -0.15) is 0 Å². The van der Waals surface area contributed by atoms with Crippen LogP contribution >= 0.6 is 11.8 Å². The predicted octanol–water partition coefficient (Wildman–Crippen LogP) is 2.49. The first-order valence-corrected chi connectivity index (χ1v) is 5.94. The molecule has 0 aromatic carbocycles. The van der Waals surface area contributed by atoms with E-state index in [2.05, 4.69) is 4.98 Å². The standard InChI is InChI=1S/C11H15NO2S/c1-3-10(11(13)14)15-7-9-6-8(2)4-5-12-9/h4-6,10H,3,7H2,1-2H3,(H,13,14). The summed E-state index contributed by atoms with van der Waals surface area (Å²) < 4.78 is 0. The molecule has 0 saturated carbocycles. The van der Waals surface area contributed by atoms with Gasteiger partial charge in [-0.15, -0.1) is 11.8 Å². The van der Waals surface area contributed by atoms with Crippen LogP contribution in [-0.2, 0) is 10.5 Å². The average molecular weight is 225 g/mol. The average Bonchev–Trinajstić information content (AvgIpc) is 2.18. The molecule has 82 valence electrons. The first kappa shape index (κ1) is 12.0. The molecule has 1 aromatic heterocycles. The molecule has 1 atom stereocenters. The topological polar surface area (TPSA) is 50.2 Å². The maximum Gasteiger partial charge on any atom is 0.316 e. The maximum atomic E-state index is 10.8. The third-order valence-electron chi connectivity index (χ3n) is 2.05. The van der Waals surface area contributed by atoms with E-state index < -0.39 is 5.97 Å². The lowest BCUT2D eigenvalue weighted by atomic mass is 10.3. The molecule has 15 heavy (non-hydrogen) atoms. The van der Waals surface area contributed by atoms with Crippen LogP contribution in [0.1, 0.15) is 24.6 Å². The number of pyridine rings is 1. The molecule has 0 radical (unpaired) electrons. The number of carbonyl (C=O) groups is 1. The van der Waals surface area contributed by atoms with Gasteiger partial charge in [-0.05, 0) is 31.0 Å². The highest BCUT2D eigenvalue weighted by Gasteiger charge is 2.15. The number of aromatic nitrogens is 1. The van der Waals surface area contributed by atoms with Gasteiger partial charge in [0.15, 0.2) is 0 Å². The number of aryl methyl sites for hydroxylation is 1. The molecule has 0 bridgehead atoms. The van der Waals surface area contributed by atoms with Crippen molar-refractivity contribution >= 4 is 17.7 Å². The molecule has 0 amide bonds. The molecular weight excluding hydrogens is 210 g/mol. The van der Waals surface area contributed by atoms with Crippen molar-refractivity contribution in [3.05, 3.63) is 29.6 Å². The molecule has 1 N–H and O–H groups in total. The van der Waals surface area contributed by atoms with E-state index in [0.29, 0.717) is 12.2 Å². The van der Waals surface area contributed by atoms with E-state index in [1.54, 1.807) is 6.20 Å². The smallest absolute Gasteiger partial charge is 0.316 e. The monoisotopic (exact) mass is 225 g/mol. The van der Waals surface area contributed by atoms with E-state index in [-0.39, 0.29) is 5.25 Å². The van der Waals surface area contributed by atoms with Gasteiger partial charge in [-0.25, -0.2) is 0 Å². The molecule has 0 fully saturated rings. The van der Waals surface area contributed by atoms with Crippen LogP contribution in [0.4, 0.5) is 0 Å². The first-order valence-electron chi connectivity index (χ1n) is 4.89. The van der Waals surface area contributed by atoms with E-state index in [4.69, 9.17) is 5.11 Å². The van der Waals surface area contributed by atoms with Crippen molar-refractivity contribution in [3.63, 3.8) is 0 Å². The molecule has 0 saturated heterocycles. The van der Waals surface area contributed by atoms with Crippen LogP contribution in [-0.4, -0.2) is 21.3 Å². The van der Waals surface area contributed by atoms with Gasteiger partial charge in [-0.3, -0.25) is 9.78 Å². The van der Waals surface area contributed by atoms with Crippen LogP contribution in [0.15, 0.2) is 18.3 Å². The Bertz CT molecular complexity index is 341. The normalized spacial score (nSPS) is 12.4. The van der Waals surface area contributed by atoms with Crippen LogP contribution in [0.25, 0.3) is 0 Å². The molecule has 0 aliphatic heterocycles. The van der Waals surface area contributed by atoms with Crippen LogP contribution in [0.2, 0.25) is 0 Å². The van der Waals surface area contributed by atoms with Crippen molar-refractivity contribution in [3.8, 4) is 0 Å². The lowest BCUT2D eigenvalue weighted by Crippen LogP contribution is -2.15. The molecule has 0 spiro atoms. The minimum atomic E-state index is -0.741. The third kappa shape index (κ3) is 3.91. The van der Waals surface area contributed by atoms with E-state index >= 15 is 0 Å². The second-order valence-electron chi connectivity index (χ2n) is 3.37. The second kappa shape index (κ2) is 5.75. The zero-order chi connectivity index (χ0) is 11.3. The second-order valence-corrected chi connectivity index (χ2v) is 4.56. The summed E-state index contributed by atoms with van der Waals surface area (Å²) in [5.74, 6) is -0.0814. The summed E-state index contributed by atoms with van der Waals surface area (Å²) in [6, 6.07) is 3.92. The van der Waals surface area contributed by atoms with Gasteiger partial charge >= 0.3 is 5.97 Å². The molecule has 3 nitrogen and oxygen atoms in total. The van der Waals surface area contributed by atoms with Gasteiger partial charge in [0, 0.05) is 11.9 Å². The van der Waals surface area contributed by atoms with E-state index in [9.17, 15) is 4.79 Å². The molecule has 1 aromatic rings. The predicted molar refractivity (Wildman–Crippen MR) is 62.0 cm³/mol. The van der Waals surface area contributed by atoms with E-state index in [0.717, 1.165) is 11.3 Å². The SMILES string of the molecule is CCC(SCc1cc(C)ccn1)C(=O)O. The van der Waals surface area contributed by atoms with Crippen molar-refractivity contribution in [2.45, 2.75) is 31.3 Å². The van der Waals surface area contributed by atoms with Gasteiger partial charge in [0.1, 0.15) is 5.25 Å². The molecule has 1 rings (SSSR count). The summed E-state index contributed by atoms with van der Waals surface area (Å²) in [6.45, 7) is 3.89. The fourth-order valence-electron chi connectivity index (χ4n) is 1.23. The highest BCUT2D eigenvalue weighted by molar-refractivity contribution is 7.99. The molecule has 1 unspecified atom stereocenters. The van der Waals surface area contributed by atoms with Crippen molar-refractivity contribution in [1.29, 1.82) is 0 Å². The fraction of sp³-hybridized carbons (Fsp3) is 0.455. The van der Waals surface area contributed by atoms with Gasteiger partial charge < -0.3 is 5.11 Å². The minimum absolute atomic E-state index is 0.327. The van der Waals surface area contributed by atoms with E-state index in [1.165, 1.54) is 11.8 Å². The molecular formula is C11H15NO2S. The largest absolute Gasteiger partial charge is 0.480 e. The number of aliphatic carboxylic acids is 1. The highest BCUT2D eigenvalue weighted by atomic mass is 32.2. The Labute approximate surface area is 93.9 Å². The Balaban J connectivity index is 2.52. The number of rotatable bonds is 5. The summed E-state index contributed by atoms with van der Waals surface area (Å²) in [5.41, 5.74) is 2.10. The lowest BCUT2D eigenvalue weighted by Gasteiger charge is -2.08. The summed E-state index contributed by atoms with van der Waals surface area (Å²) >= 11 is 1.43. The van der Waals surface area contributed by atoms with Gasteiger partial charge in [0.25, 0.3) is 0 Å². The van der Waals surface area contributed by atoms with Crippen molar-refractivity contribution in [2.75, 3.05) is 0 Å². The van der Waals surface area contributed by atoms with Gasteiger partial charge in [0.2, 0.25) is 0 Å². The van der Waals surface area contributed by atoms with Crippen molar-refractivity contribution in [1.82, 2.24) is 4.98 Å². The summed E-state index contributed by atoms with van der Waals surface area (Å²) in [4.78, 5) is 15.0. The number of thioether (sulfide) groups is 1. The molecule has 0 aliphatic carbocycles. The minimum Gasteiger partial charge on any atom is -0.480 e. The quantitative estimate of drug-likeness (QED) is 0.836. The third-order valence-corrected chi connectivity index (χ3v) is 3.45. The Morgan fingerprint density at radius 2 is 2.40 bits per heavy atom. The van der Waals surface area contributed by atoms with Crippen LogP contribution < -0.4 is 0 Å². The molecule has 0 aliphatic rings. The fourth-order valence-corrected chi connectivity index (χ4v) is 2.14. The zero-order valence-electron chi connectivity index (χ0n) is 8.93. The highest BCUT2D eigenvalue weighted by Crippen LogP contribution is 2.19. The van der Waals surface area contributed by atoms with Crippen molar-refractivity contribution in [2.24, 2.45) is 0 Å². The van der Waals surface area contributed by atoms with Crippen LogP contribution in [0, 0.1) is 6.92 Å².